The summed E-state index contributed by atoms with van der Waals surface area (Å²) in [5.41, 5.74) is 3.73. The van der Waals surface area contributed by atoms with Gasteiger partial charge in [-0.2, -0.15) is 0 Å². The Balaban J connectivity index is 1.78. The van der Waals surface area contributed by atoms with E-state index in [-0.39, 0.29) is 11.3 Å². The Morgan fingerprint density at radius 2 is 1.61 bits per heavy atom. The molecular formula is C27H26O6. The molecule has 0 amide bonds. The highest BCUT2D eigenvalue weighted by Gasteiger charge is 2.28. The highest BCUT2D eigenvalue weighted by atomic mass is 16.7. The minimum atomic E-state index is -1.03. The number of aromatic carboxylic acids is 1. The van der Waals surface area contributed by atoms with Crippen LogP contribution in [0.25, 0.3) is 0 Å². The van der Waals surface area contributed by atoms with Crippen LogP contribution in [0.2, 0.25) is 0 Å². The number of rotatable bonds is 7. The molecule has 1 fully saturated rings. The molecule has 0 aliphatic carbocycles. The number of benzene rings is 3. The molecule has 1 heterocycles. The quantitative estimate of drug-likeness (QED) is 0.500. The Morgan fingerprint density at radius 3 is 2.24 bits per heavy atom. The number of hydrogen-bond acceptors (Lipinski definition) is 5. The van der Waals surface area contributed by atoms with Gasteiger partial charge in [0.2, 0.25) is 0 Å². The maximum Gasteiger partial charge on any atom is 0.335 e. The van der Waals surface area contributed by atoms with Crippen molar-refractivity contribution in [2.75, 3.05) is 13.2 Å². The fraction of sp³-hybridized carbons (Fsp3) is 0.259. The Hall–Kier alpha value is -3.48. The lowest BCUT2D eigenvalue weighted by Crippen LogP contribution is -2.21. The minimum absolute atomic E-state index is 0.148. The number of carbonyl (C=O) groups excluding carboxylic acids is 1. The summed E-state index contributed by atoms with van der Waals surface area (Å²) in [7, 11) is 0. The summed E-state index contributed by atoms with van der Waals surface area (Å²) in [6.07, 6.45) is 0.121. The van der Waals surface area contributed by atoms with Crippen LogP contribution in [0.5, 0.6) is 5.75 Å². The van der Waals surface area contributed by atoms with Gasteiger partial charge in [-0.3, -0.25) is 4.79 Å². The first-order valence-corrected chi connectivity index (χ1v) is 10.9. The van der Waals surface area contributed by atoms with Gasteiger partial charge in [0.25, 0.3) is 0 Å². The average molecular weight is 446 g/mol. The second-order valence-electron chi connectivity index (χ2n) is 8.04. The van der Waals surface area contributed by atoms with Crippen molar-refractivity contribution in [3.05, 3.63) is 99.6 Å². The predicted molar refractivity (Wildman–Crippen MR) is 123 cm³/mol. The molecule has 0 saturated carbocycles. The van der Waals surface area contributed by atoms with Crippen LogP contribution in [0.3, 0.4) is 0 Å². The first-order valence-electron chi connectivity index (χ1n) is 10.9. The minimum Gasteiger partial charge on any atom is -0.488 e. The van der Waals surface area contributed by atoms with Crippen molar-refractivity contribution in [2.24, 2.45) is 0 Å². The summed E-state index contributed by atoms with van der Waals surface area (Å²) in [5, 5.41) is 9.38. The first kappa shape index (κ1) is 22.7. The molecule has 6 heteroatoms. The van der Waals surface area contributed by atoms with Crippen molar-refractivity contribution >= 4 is 11.8 Å². The summed E-state index contributed by atoms with van der Waals surface area (Å²) in [4.78, 5) is 25.4. The smallest absolute Gasteiger partial charge is 0.335 e. The highest BCUT2D eigenvalue weighted by Crippen LogP contribution is 2.35. The molecule has 170 valence electrons. The third kappa shape index (κ3) is 4.97. The van der Waals surface area contributed by atoms with Crippen molar-refractivity contribution in [1.82, 2.24) is 0 Å². The van der Waals surface area contributed by atoms with Crippen LogP contribution in [-0.2, 0) is 16.1 Å². The van der Waals surface area contributed by atoms with Crippen LogP contribution < -0.4 is 4.74 Å². The first-order chi connectivity index (χ1) is 16.0. The summed E-state index contributed by atoms with van der Waals surface area (Å²) in [6.45, 7) is 4.87. The SMILES string of the molecule is Cc1cc(C(=O)O)cc(C)c1C(=O)c1c(OCc2ccccc2)cccc1C1OCCCO1. The summed E-state index contributed by atoms with van der Waals surface area (Å²) in [5.74, 6) is -0.852. The fourth-order valence-electron chi connectivity index (χ4n) is 4.08. The summed E-state index contributed by atoms with van der Waals surface area (Å²) in [6, 6.07) is 18.1. The van der Waals surface area contributed by atoms with Crippen LogP contribution in [-0.4, -0.2) is 30.1 Å². The largest absolute Gasteiger partial charge is 0.488 e. The predicted octanol–water partition coefficient (Wildman–Crippen LogP) is 5.25. The van der Waals surface area contributed by atoms with Crippen molar-refractivity contribution in [1.29, 1.82) is 0 Å². The van der Waals surface area contributed by atoms with Gasteiger partial charge in [0.1, 0.15) is 12.4 Å². The van der Waals surface area contributed by atoms with Gasteiger partial charge in [-0.05, 0) is 55.2 Å². The van der Waals surface area contributed by atoms with E-state index < -0.39 is 12.3 Å². The molecule has 6 nitrogen and oxygen atoms in total. The van der Waals surface area contributed by atoms with Gasteiger partial charge in [0.15, 0.2) is 12.1 Å². The number of ketones is 1. The molecule has 4 rings (SSSR count). The molecule has 1 aliphatic heterocycles. The van der Waals surface area contributed by atoms with Crippen LogP contribution in [0, 0.1) is 13.8 Å². The zero-order chi connectivity index (χ0) is 23.4. The molecule has 1 aliphatic rings. The molecule has 1 N–H and O–H groups in total. The van der Waals surface area contributed by atoms with Gasteiger partial charge in [-0.1, -0.05) is 42.5 Å². The molecule has 33 heavy (non-hydrogen) atoms. The van der Waals surface area contributed by atoms with Crippen molar-refractivity contribution in [3.63, 3.8) is 0 Å². The van der Waals surface area contributed by atoms with Gasteiger partial charge in [0, 0.05) is 11.1 Å². The Kier molecular flexibility index (Phi) is 6.87. The Morgan fingerprint density at radius 1 is 0.939 bits per heavy atom. The van der Waals surface area contributed by atoms with Crippen molar-refractivity contribution in [2.45, 2.75) is 33.2 Å². The zero-order valence-corrected chi connectivity index (χ0v) is 18.7. The van der Waals surface area contributed by atoms with E-state index in [4.69, 9.17) is 14.2 Å². The van der Waals surface area contributed by atoms with Gasteiger partial charge >= 0.3 is 5.97 Å². The molecular weight excluding hydrogens is 420 g/mol. The van der Waals surface area contributed by atoms with E-state index >= 15 is 0 Å². The van der Waals surface area contributed by atoms with Crippen LogP contribution in [0.15, 0.2) is 60.7 Å². The van der Waals surface area contributed by atoms with Crippen molar-refractivity contribution < 1.29 is 28.9 Å². The number of ether oxygens (including phenoxy) is 3. The lowest BCUT2D eigenvalue weighted by atomic mass is 9.90. The Bertz CT molecular complexity index is 1140. The van der Waals surface area contributed by atoms with Crippen LogP contribution >= 0.6 is 0 Å². The van der Waals surface area contributed by atoms with E-state index in [9.17, 15) is 14.7 Å². The summed E-state index contributed by atoms with van der Waals surface area (Å²) >= 11 is 0. The number of hydrogen-bond donors (Lipinski definition) is 1. The lowest BCUT2D eigenvalue weighted by molar-refractivity contribution is -0.183. The van der Waals surface area contributed by atoms with Gasteiger partial charge in [0.05, 0.1) is 24.3 Å². The maximum absolute atomic E-state index is 13.9. The highest BCUT2D eigenvalue weighted by molar-refractivity contribution is 6.13. The third-order valence-corrected chi connectivity index (χ3v) is 5.61. The molecule has 0 radical (unpaired) electrons. The fourth-order valence-corrected chi connectivity index (χ4v) is 4.08. The molecule has 0 atom stereocenters. The molecule has 0 unspecified atom stereocenters. The second-order valence-corrected chi connectivity index (χ2v) is 8.04. The number of carboxylic acid groups (broad SMARTS) is 1. The number of carboxylic acids is 1. The number of aryl methyl sites for hydroxylation is 2. The molecule has 3 aromatic rings. The standard InChI is InChI=1S/C27H26O6/c1-17-14-20(26(29)30)15-18(2)23(17)25(28)24-21(27-31-12-7-13-32-27)10-6-11-22(24)33-16-19-8-4-3-5-9-19/h3-6,8-11,14-15,27H,7,12-13,16H2,1-2H3,(H,29,30). The van der Waals surface area contributed by atoms with Crippen LogP contribution in [0.1, 0.15) is 61.2 Å². The van der Waals surface area contributed by atoms with E-state index in [1.54, 1.807) is 19.9 Å². The van der Waals surface area contributed by atoms with E-state index in [0.717, 1.165) is 12.0 Å². The van der Waals surface area contributed by atoms with Gasteiger partial charge in [-0.25, -0.2) is 4.79 Å². The molecule has 0 spiro atoms. The molecule has 3 aromatic carbocycles. The van der Waals surface area contributed by atoms with Crippen LogP contribution in [0.4, 0.5) is 0 Å². The Labute approximate surface area is 192 Å². The van der Waals surface area contributed by atoms with Gasteiger partial charge < -0.3 is 19.3 Å². The molecule has 0 aromatic heterocycles. The van der Waals surface area contributed by atoms with E-state index in [1.807, 2.05) is 42.5 Å². The van der Waals surface area contributed by atoms with Crippen molar-refractivity contribution in [3.8, 4) is 5.75 Å². The average Bonchev–Trinajstić information content (AvgIpc) is 2.83. The topological polar surface area (TPSA) is 82.1 Å². The van der Waals surface area contributed by atoms with E-state index in [1.165, 1.54) is 12.1 Å². The molecule has 1 saturated heterocycles. The normalized spacial score (nSPS) is 14.1. The van der Waals surface area contributed by atoms with E-state index in [0.29, 0.717) is 53.4 Å². The second kappa shape index (κ2) is 9.98. The van der Waals surface area contributed by atoms with Gasteiger partial charge in [-0.15, -0.1) is 0 Å². The molecule has 0 bridgehead atoms. The third-order valence-electron chi connectivity index (χ3n) is 5.61. The lowest BCUT2D eigenvalue weighted by Gasteiger charge is -2.26. The zero-order valence-electron chi connectivity index (χ0n) is 18.7. The summed E-state index contributed by atoms with van der Waals surface area (Å²) < 4.78 is 17.7. The number of carbonyl (C=O) groups is 2. The maximum atomic E-state index is 13.9. The van der Waals surface area contributed by atoms with E-state index in [2.05, 4.69) is 0 Å². The monoisotopic (exact) mass is 446 g/mol.